The summed E-state index contributed by atoms with van der Waals surface area (Å²) < 4.78 is 31.3. The fraction of sp³-hybridized carbons (Fsp3) is 0.500. The molecule has 1 unspecified atom stereocenters. The molecule has 1 N–H and O–H groups in total. The maximum atomic E-state index is 13.5. The van der Waals surface area contributed by atoms with Crippen molar-refractivity contribution < 1.29 is 18.3 Å². The number of hydrogen-bond donors (Lipinski definition) is 1. The third-order valence-corrected chi connectivity index (χ3v) is 2.76. The minimum Gasteiger partial charge on any atom is -0.466 e. The highest BCUT2D eigenvalue weighted by Gasteiger charge is 2.13. The van der Waals surface area contributed by atoms with E-state index in [9.17, 15) is 13.6 Å². The molecule has 0 aliphatic rings. The van der Waals surface area contributed by atoms with Crippen LogP contribution in [0.25, 0.3) is 0 Å². The van der Waals surface area contributed by atoms with Crippen LogP contribution in [0.15, 0.2) is 18.2 Å². The van der Waals surface area contributed by atoms with Gasteiger partial charge in [0.2, 0.25) is 0 Å². The molecule has 0 radical (unpaired) electrons. The molecule has 0 aromatic heterocycles. The van der Waals surface area contributed by atoms with Gasteiger partial charge in [0.25, 0.3) is 0 Å². The van der Waals surface area contributed by atoms with E-state index < -0.39 is 11.6 Å². The Kier molecular flexibility index (Phi) is 6.42. The molecule has 106 valence electrons. The summed E-state index contributed by atoms with van der Waals surface area (Å²) >= 11 is 0. The van der Waals surface area contributed by atoms with Crippen molar-refractivity contribution in [1.29, 1.82) is 0 Å². The molecule has 3 nitrogen and oxygen atoms in total. The van der Waals surface area contributed by atoms with Gasteiger partial charge in [0.1, 0.15) is 0 Å². The zero-order valence-corrected chi connectivity index (χ0v) is 11.2. The molecule has 5 heteroatoms. The lowest BCUT2D eigenvalue weighted by molar-refractivity contribution is -0.143. The van der Waals surface area contributed by atoms with Gasteiger partial charge in [-0.2, -0.15) is 0 Å². The van der Waals surface area contributed by atoms with Crippen LogP contribution in [-0.4, -0.2) is 19.1 Å². The largest absolute Gasteiger partial charge is 0.466 e. The summed E-state index contributed by atoms with van der Waals surface area (Å²) in [7, 11) is 0. The van der Waals surface area contributed by atoms with E-state index in [0.29, 0.717) is 26.0 Å². The number of carbonyl (C=O) groups excluding carboxylic acids is 1. The minimum absolute atomic E-state index is 0.242. The zero-order valence-electron chi connectivity index (χ0n) is 11.2. The minimum atomic E-state index is -0.849. The summed E-state index contributed by atoms with van der Waals surface area (Å²) in [5.41, 5.74) is 0.288. The van der Waals surface area contributed by atoms with E-state index in [2.05, 4.69) is 5.32 Å². The highest BCUT2D eigenvalue weighted by Crippen LogP contribution is 2.18. The van der Waals surface area contributed by atoms with Crippen LogP contribution in [0.1, 0.15) is 38.3 Å². The van der Waals surface area contributed by atoms with Crippen molar-refractivity contribution >= 4 is 5.97 Å². The topological polar surface area (TPSA) is 38.3 Å². The molecule has 0 saturated carbocycles. The summed E-state index contributed by atoms with van der Waals surface area (Å²) in [6.45, 7) is 4.42. The average Bonchev–Trinajstić information content (AvgIpc) is 2.38. The lowest BCUT2D eigenvalue weighted by Crippen LogP contribution is -2.22. The molecule has 0 fully saturated rings. The molecule has 0 aliphatic carbocycles. The predicted octanol–water partition coefficient (Wildman–Crippen LogP) is 2.96. The lowest BCUT2D eigenvalue weighted by Gasteiger charge is -2.15. The number of benzene rings is 1. The molecule has 0 heterocycles. The maximum Gasteiger partial charge on any atom is 0.305 e. The average molecular weight is 271 g/mol. The summed E-state index contributed by atoms with van der Waals surface area (Å²) in [5, 5.41) is 3.05. The van der Waals surface area contributed by atoms with Crippen LogP contribution in [0.3, 0.4) is 0 Å². The number of halogens is 2. The van der Waals surface area contributed by atoms with Crippen LogP contribution in [-0.2, 0) is 9.53 Å². The van der Waals surface area contributed by atoms with Crippen molar-refractivity contribution in [2.75, 3.05) is 13.2 Å². The first-order valence-electron chi connectivity index (χ1n) is 6.39. The van der Waals surface area contributed by atoms with Crippen LogP contribution in [0.5, 0.6) is 0 Å². The molecule has 0 saturated heterocycles. The zero-order chi connectivity index (χ0) is 14.3. The van der Waals surface area contributed by atoms with Gasteiger partial charge in [-0.1, -0.05) is 12.1 Å². The van der Waals surface area contributed by atoms with Gasteiger partial charge in [0.05, 0.1) is 6.61 Å². The Hall–Kier alpha value is -1.49. The number of nitrogens with one attached hydrogen (secondary N) is 1. The van der Waals surface area contributed by atoms with E-state index in [0.717, 1.165) is 6.07 Å². The first-order valence-corrected chi connectivity index (χ1v) is 6.39. The van der Waals surface area contributed by atoms with Crippen LogP contribution in [0, 0.1) is 11.6 Å². The third kappa shape index (κ3) is 4.95. The predicted molar refractivity (Wildman–Crippen MR) is 68.6 cm³/mol. The number of hydrogen-bond acceptors (Lipinski definition) is 3. The Balaban J connectivity index is 2.37. The summed E-state index contributed by atoms with van der Waals surface area (Å²) in [6.07, 6.45) is 0.916. The number of carbonyl (C=O) groups is 1. The van der Waals surface area contributed by atoms with Gasteiger partial charge in [-0.25, -0.2) is 8.78 Å². The summed E-state index contributed by atoms with van der Waals surface area (Å²) in [5.74, 6) is -1.92. The third-order valence-electron chi connectivity index (χ3n) is 2.76. The van der Waals surface area contributed by atoms with Gasteiger partial charge in [-0.15, -0.1) is 0 Å². The van der Waals surface area contributed by atoms with Crippen LogP contribution in [0.2, 0.25) is 0 Å². The van der Waals surface area contributed by atoms with Gasteiger partial charge in [-0.3, -0.25) is 4.79 Å². The van der Waals surface area contributed by atoms with Crippen molar-refractivity contribution in [2.24, 2.45) is 0 Å². The molecule has 1 atom stereocenters. The normalized spacial score (nSPS) is 12.2. The van der Waals surface area contributed by atoms with Gasteiger partial charge < -0.3 is 10.1 Å². The highest BCUT2D eigenvalue weighted by atomic mass is 19.2. The molecular weight excluding hydrogens is 252 g/mol. The van der Waals surface area contributed by atoms with Crippen molar-refractivity contribution in [3.05, 3.63) is 35.4 Å². The fourth-order valence-electron chi connectivity index (χ4n) is 1.75. The SMILES string of the molecule is CCOC(=O)CCCNC(C)c1cccc(F)c1F. The summed E-state index contributed by atoms with van der Waals surface area (Å²) in [6, 6.07) is 3.80. The Bertz CT molecular complexity index is 424. The Morgan fingerprint density at radius 2 is 2.16 bits per heavy atom. The van der Waals surface area contributed by atoms with E-state index in [1.807, 2.05) is 0 Å². The second-order valence-corrected chi connectivity index (χ2v) is 4.23. The van der Waals surface area contributed by atoms with E-state index in [-0.39, 0.29) is 17.6 Å². The van der Waals surface area contributed by atoms with Crippen molar-refractivity contribution in [3.63, 3.8) is 0 Å². The van der Waals surface area contributed by atoms with Gasteiger partial charge >= 0.3 is 5.97 Å². The Labute approximate surface area is 112 Å². The van der Waals surface area contributed by atoms with E-state index in [1.165, 1.54) is 6.07 Å². The van der Waals surface area contributed by atoms with E-state index >= 15 is 0 Å². The molecule has 0 amide bonds. The van der Waals surface area contributed by atoms with Crippen molar-refractivity contribution in [3.8, 4) is 0 Å². The molecule has 1 aromatic carbocycles. The van der Waals surface area contributed by atoms with Crippen LogP contribution in [0.4, 0.5) is 8.78 Å². The number of rotatable bonds is 7. The first kappa shape index (κ1) is 15.6. The van der Waals surface area contributed by atoms with E-state index in [1.54, 1.807) is 19.9 Å². The number of ether oxygens (including phenoxy) is 1. The van der Waals surface area contributed by atoms with Crippen LogP contribution >= 0.6 is 0 Å². The maximum absolute atomic E-state index is 13.5. The summed E-state index contributed by atoms with van der Waals surface area (Å²) in [4.78, 5) is 11.1. The van der Waals surface area contributed by atoms with Crippen LogP contribution < -0.4 is 5.32 Å². The van der Waals surface area contributed by atoms with Gasteiger partial charge in [-0.05, 0) is 32.9 Å². The highest BCUT2D eigenvalue weighted by molar-refractivity contribution is 5.69. The van der Waals surface area contributed by atoms with Gasteiger partial charge in [0.15, 0.2) is 11.6 Å². The lowest BCUT2D eigenvalue weighted by atomic mass is 10.1. The second-order valence-electron chi connectivity index (χ2n) is 4.23. The van der Waals surface area contributed by atoms with Crippen molar-refractivity contribution in [2.45, 2.75) is 32.7 Å². The van der Waals surface area contributed by atoms with E-state index in [4.69, 9.17) is 4.74 Å². The van der Waals surface area contributed by atoms with Crippen molar-refractivity contribution in [1.82, 2.24) is 5.32 Å². The molecule has 0 aliphatic heterocycles. The number of esters is 1. The smallest absolute Gasteiger partial charge is 0.305 e. The molecule has 0 bridgehead atoms. The quantitative estimate of drug-likeness (QED) is 0.612. The Morgan fingerprint density at radius 1 is 1.42 bits per heavy atom. The fourth-order valence-corrected chi connectivity index (χ4v) is 1.75. The molecular formula is C14H19F2NO2. The monoisotopic (exact) mass is 271 g/mol. The molecule has 0 spiro atoms. The molecule has 1 rings (SSSR count). The first-order chi connectivity index (χ1) is 9.06. The standard InChI is InChI=1S/C14H19F2NO2/c1-3-19-13(18)8-5-9-17-10(2)11-6-4-7-12(15)14(11)16/h4,6-7,10,17H,3,5,8-9H2,1-2H3. The molecule has 1 aromatic rings. The van der Waals surface area contributed by atoms with Gasteiger partial charge in [0, 0.05) is 18.0 Å². The second kappa shape index (κ2) is 7.84. The Morgan fingerprint density at radius 3 is 2.84 bits per heavy atom. The molecule has 19 heavy (non-hydrogen) atoms.